The lowest BCUT2D eigenvalue weighted by Gasteiger charge is -2.29. The Kier molecular flexibility index (Phi) is 12.6. The highest BCUT2D eigenvalue weighted by molar-refractivity contribution is 5.90. The summed E-state index contributed by atoms with van der Waals surface area (Å²) in [5, 5.41) is 28.1. The molecule has 0 fully saturated rings. The van der Waals surface area contributed by atoms with Crippen molar-refractivity contribution >= 4 is 23.9 Å². The summed E-state index contributed by atoms with van der Waals surface area (Å²) >= 11 is 0. The van der Waals surface area contributed by atoms with E-state index in [1.807, 2.05) is 37.3 Å². The van der Waals surface area contributed by atoms with E-state index >= 15 is 0 Å². The van der Waals surface area contributed by atoms with Crippen LogP contribution in [0.25, 0.3) is 0 Å². The number of aliphatic hydroxyl groups excluding tert-OH is 1. The van der Waals surface area contributed by atoms with Gasteiger partial charge in [0, 0.05) is 0 Å². The van der Waals surface area contributed by atoms with Gasteiger partial charge in [-0.3, -0.25) is 9.59 Å². The van der Waals surface area contributed by atoms with Gasteiger partial charge in [0.15, 0.2) is 0 Å². The lowest BCUT2D eigenvalue weighted by molar-refractivity contribution is -0.143. The van der Waals surface area contributed by atoms with E-state index in [0.717, 1.165) is 5.56 Å². The molecule has 2 unspecified atom stereocenters. The molecule has 10 nitrogen and oxygen atoms in total. The van der Waals surface area contributed by atoms with Crippen LogP contribution in [0.5, 0.6) is 0 Å². The van der Waals surface area contributed by atoms with Gasteiger partial charge >= 0.3 is 12.1 Å². The maximum atomic E-state index is 12.9. The number of alkyl carbamates (subject to hydrolysis) is 1. The molecule has 1 aromatic rings. The minimum atomic E-state index is -1.28. The summed E-state index contributed by atoms with van der Waals surface area (Å²) in [4.78, 5) is 49.8. The van der Waals surface area contributed by atoms with E-state index in [0.29, 0.717) is 6.42 Å². The molecular formula is C27H43N3O7. The van der Waals surface area contributed by atoms with E-state index < -0.39 is 53.7 Å². The predicted octanol–water partition coefficient (Wildman–Crippen LogP) is 2.63. The summed E-state index contributed by atoms with van der Waals surface area (Å²) in [6.07, 6.45) is -1.59. The zero-order chi connectivity index (χ0) is 28.3. The maximum absolute atomic E-state index is 12.9. The first-order valence-corrected chi connectivity index (χ1v) is 12.7. The SMILES string of the molecule is CC[C@H](C)[C@H](NC(=O)CC(O)C(Cc1ccccc1)NC(=O)OC(C)(C)C)C(=O)N[C@H](C(=O)O)C(C)C. The van der Waals surface area contributed by atoms with Crippen molar-refractivity contribution in [3.8, 4) is 0 Å². The molecule has 0 bridgehead atoms. The van der Waals surface area contributed by atoms with Crippen LogP contribution in [-0.4, -0.2) is 63.9 Å². The molecule has 0 spiro atoms. The summed E-state index contributed by atoms with van der Waals surface area (Å²) in [6.45, 7) is 12.1. The predicted molar refractivity (Wildman–Crippen MR) is 140 cm³/mol. The summed E-state index contributed by atoms with van der Waals surface area (Å²) in [6, 6.07) is 6.26. The van der Waals surface area contributed by atoms with Crippen LogP contribution < -0.4 is 16.0 Å². The molecule has 0 saturated carbocycles. The van der Waals surface area contributed by atoms with Crippen molar-refractivity contribution in [1.29, 1.82) is 0 Å². The van der Waals surface area contributed by atoms with E-state index in [1.165, 1.54) is 0 Å². The average Bonchev–Trinajstić information content (AvgIpc) is 2.78. The number of hydrogen-bond donors (Lipinski definition) is 5. The van der Waals surface area contributed by atoms with Crippen molar-refractivity contribution in [2.45, 2.75) is 97.6 Å². The maximum Gasteiger partial charge on any atom is 0.407 e. The van der Waals surface area contributed by atoms with Gasteiger partial charge in [-0.05, 0) is 44.6 Å². The lowest BCUT2D eigenvalue weighted by atomic mass is 9.95. The smallest absolute Gasteiger partial charge is 0.407 e. The number of aliphatic hydroxyl groups is 1. The normalized spacial score (nSPS) is 15.6. The van der Waals surface area contributed by atoms with Gasteiger partial charge in [0.2, 0.25) is 11.8 Å². The van der Waals surface area contributed by atoms with Crippen molar-refractivity contribution in [1.82, 2.24) is 16.0 Å². The first-order chi connectivity index (χ1) is 17.1. The fourth-order valence-corrected chi connectivity index (χ4v) is 3.63. The van der Waals surface area contributed by atoms with Gasteiger partial charge in [-0.1, -0.05) is 64.4 Å². The Bertz CT molecular complexity index is 899. The van der Waals surface area contributed by atoms with E-state index in [1.54, 1.807) is 41.5 Å². The second kappa shape index (κ2) is 14.6. The van der Waals surface area contributed by atoms with Crippen molar-refractivity contribution in [2.24, 2.45) is 11.8 Å². The number of amides is 3. The zero-order valence-electron chi connectivity index (χ0n) is 22.9. The zero-order valence-corrected chi connectivity index (χ0v) is 22.9. The Morgan fingerprint density at radius 3 is 2.03 bits per heavy atom. The summed E-state index contributed by atoms with van der Waals surface area (Å²) in [7, 11) is 0. The molecule has 0 radical (unpaired) electrons. The molecule has 3 amide bonds. The molecule has 1 rings (SSSR count). The first-order valence-electron chi connectivity index (χ1n) is 12.7. The number of hydrogen-bond acceptors (Lipinski definition) is 6. The van der Waals surface area contributed by atoms with Crippen LogP contribution in [0.4, 0.5) is 4.79 Å². The molecule has 0 aromatic heterocycles. The van der Waals surface area contributed by atoms with Crippen LogP contribution in [0, 0.1) is 11.8 Å². The second-order valence-electron chi connectivity index (χ2n) is 10.7. The Morgan fingerprint density at radius 1 is 0.946 bits per heavy atom. The molecule has 1 aromatic carbocycles. The molecule has 208 valence electrons. The third-order valence-electron chi connectivity index (χ3n) is 5.90. The number of carboxylic acid groups (broad SMARTS) is 1. The Hall–Kier alpha value is -3.14. The van der Waals surface area contributed by atoms with Crippen LogP contribution in [0.3, 0.4) is 0 Å². The molecule has 0 heterocycles. The molecule has 10 heteroatoms. The number of ether oxygens (including phenoxy) is 1. The molecule has 0 aliphatic rings. The standard InChI is InChI=1S/C27H43N3O7/c1-8-17(4)23(24(33)30-22(16(2)3)25(34)35)29-21(32)15-20(31)19(14-18-12-10-9-11-13-18)28-26(36)37-27(5,6)7/h9-13,16-17,19-20,22-23,31H,8,14-15H2,1-7H3,(H,28,36)(H,29,32)(H,30,33)(H,34,35)/t17-,19?,20?,22-,23-/m0/s1. The minimum Gasteiger partial charge on any atom is -0.480 e. The molecule has 37 heavy (non-hydrogen) atoms. The fourth-order valence-electron chi connectivity index (χ4n) is 3.63. The van der Waals surface area contributed by atoms with Gasteiger partial charge in [-0.15, -0.1) is 0 Å². The summed E-state index contributed by atoms with van der Waals surface area (Å²) in [5.41, 5.74) is 0.0953. The van der Waals surface area contributed by atoms with Gasteiger partial charge in [0.25, 0.3) is 0 Å². The fraction of sp³-hybridized carbons (Fsp3) is 0.630. The quantitative estimate of drug-likeness (QED) is 0.267. The van der Waals surface area contributed by atoms with Crippen molar-refractivity contribution in [3.63, 3.8) is 0 Å². The summed E-state index contributed by atoms with van der Waals surface area (Å²) in [5.74, 6) is -3.01. The number of benzene rings is 1. The highest BCUT2D eigenvalue weighted by Crippen LogP contribution is 2.14. The topological polar surface area (TPSA) is 154 Å². The van der Waals surface area contributed by atoms with Crippen molar-refractivity contribution in [3.05, 3.63) is 35.9 Å². The second-order valence-corrected chi connectivity index (χ2v) is 10.7. The molecule has 0 aliphatic heterocycles. The number of carbonyl (C=O) groups is 4. The molecule has 5 N–H and O–H groups in total. The van der Waals surface area contributed by atoms with E-state index in [-0.39, 0.29) is 24.7 Å². The van der Waals surface area contributed by atoms with Gasteiger partial charge in [-0.2, -0.15) is 0 Å². The van der Waals surface area contributed by atoms with E-state index in [4.69, 9.17) is 4.74 Å². The van der Waals surface area contributed by atoms with Gasteiger partial charge in [-0.25, -0.2) is 9.59 Å². The van der Waals surface area contributed by atoms with Crippen LogP contribution in [0.2, 0.25) is 0 Å². The molecule has 0 saturated heterocycles. The molecule has 5 atom stereocenters. The van der Waals surface area contributed by atoms with Gasteiger partial charge in [0.05, 0.1) is 18.6 Å². The number of nitrogens with one attached hydrogen (secondary N) is 3. The van der Waals surface area contributed by atoms with E-state index in [9.17, 15) is 29.4 Å². The minimum absolute atomic E-state index is 0.248. The molecular weight excluding hydrogens is 478 g/mol. The molecule has 0 aliphatic carbocycles. The largest absolute Gasteiger partial charge is 0.480 e. The third kappa shape index (κ3) is 11.6. The monoisotopic (exact) mass is 521 g/mol. The number of aliphatic carboxylic acids is 1. The highest BCUT2D eigenvalue weighted by atomic mass is 16.6. The lowest BCUT2D eigenvalue weighted by Crippen LogP contribution is -2.56. The Labute approximate surface area is 219 Å². The van der Waals surface area contributed by atoms with E-state index in [2.05, 4.69) is 16.0 Å². The van der Waals surface area contributed by atoms with Gasteiger partial charge < -0.3 is 30.9 Å². The van der Waals surface area contributed by atoms with Crippen LogP contribution in [-0.2, 0) is 25.5 Å². The Balaban J connectivity index is 2.99. The summed E-state index contributed by atoms with van der Waals surface area (Å²) < 4.78 is 5.32. The first kappa shape index (κ1) is 31.9. The van der Waals surface area contributed by atoms with Crippen LogP contribution >= 0.6 is 0 Å². The number of rotatable bonds is 13. The van der Waals surface area contributed by atoms with Crippen LogP contribution in [0.1, 0.15) is 66.9 Å². The van der Waals surface area contributed by atoms with Gasteiger partial charge in [0.1, 0.15) is 17.7 Å². The average molecular weight is 522 g/mol. The Morgan fingerprint density at radius 2 is 1.54 bits per heavy atom. The number of carbonyl (C=O) groups excluding carboxylic acids is 3. The number of carboxylic acids is 1. The van der Waals surface area contributed by atoms with Crippen LogP contribution in [0.15, 0.2) is 30.3 Å². The van der Waals surface area contributed by atoms with Crippen molar-refractivity contribution in [2.75, 3.05) is 0 Å². The third-order valence-corrected chi connectivity index (χ3v) is 5.90. The highest BCUT2D eigenvalue weighted by Gasteiger charge is 2.33. The van der Waals surface area contributed by atoms with Crippen molar-refractivity contribution < 1.29 is 34.1 Å².